The molecule has 0 atom stereocenters. The zero-order chi connectivity index (χ0) is 22.6. The number of nitrogens with one attached hydrogen (secondary N) is 1. The predicted molar refractivity (Wildman–Crippen MR) is 131 cm³/mol. The molecular weight excluding hydrogens is 442 g/mol. The highest BCUT2D eigenvalue weighted by Gasteiger charge is 2.16. The van der Waals surface area contributed by atoms with E-state index in [0.29, 0.717) is 24.2 Å². The molecule has 0 fully saturated rings. The fraction of sp³-hybridized carbons (Fsp3) is 0.208. The Hall–Kier alpha value is -2.94. The molecule has 0 aliphatic rings. The lowest BCUT2D eigenvalue weighted by Crippen LogP contribution is -2.28. The highest BCUT2D eigenvalue weighted by atomic mass is 32.2. The molecule has 0 saturated carbocycles. The van der Waals surface area contributed by atoms with Gasteiger partial charge in [-0.3, -0.25) is 9.36 Å². The molecule has 32 heavy (non-hydrogen) atoms. The summed E-state index contributed by atoms with van der Waals surface area (Å²) in [5.74, 6) is 0. The molecule has 8 heteroatoms. The van der Waals surface area contributed by atoms with Gasteiger partial charge in [0.05, 0.1) is 21.7 Å². The van der Waals surface area contributed by atoms with Gasteiger partial charge >= 0.3 is 4.87 Å². The first-order chi connectivity index (χ1) is 15.4. The second-order valence-corrected chi connectivity index (χ2v) is 10.3. The van der Waals surface area contributed by atoms with Crippen molar-refractivity contribution >= 4 is 37.3 Å². The molecule has 4 rings (SSSR count). The summed E-state index contributed by atoms with van der Waals surface area (Å²) in [7, 11) is -1.66. The Morgan fingerprint density at radius 3 is 2.38 bits per heavy atom. The molecule has 6 nitrogen and oxygen atoms in total. The molecule has 3 aromatic carbocycles. The zero-order valence-corrected chi connectivity index (χ0v) is 19.4. The summed E-state index contributed by atoms with van der Waals surface area (Å²) in [6.07, 6.45) is 0.674. The molecule has 4 aromatic rings. The van der Waals surface area contributed by atoms with Gasteiger partial charge < -0.3 is 4.90 Å². The van der Waals surface area contributed by atoms with Gasteiger partial charge in [-0.05, 0) is 42.3 Å². The Kier molecular flexibility index (Phi) is 6.74. The molecule has 0 spiro atoms. The third-order valence-corrected chi connectivity index (χ3v) is 7.69. The second-order valence-electron chi connectivity index (χ2n) is 7.58. The van der Waals surface area contributed by atoms with Crippen LogP contribution in [0.25, 0.3) is 10.2 Å². The van der Waals surface area contributed by atoms with E-state index in [1.165, 1.54) is 0 Å². The molecule has 0 amide bonds. The van der Waals surface area contributed by atoms with Gasteiger partial charge in [0.15, 0.2) is 0 Å². The number of hydrogen-bond acceptors (Lipinski definition) is 5. The van der Waals surface area contributed by atoms with Crippen LogP contribution in [-0.4, -0.2) is 33.1 Å². The molecule has 0 aliphatic heterocycles. The van der Waals surface area contributed by atoms with Crippen molar-refractivity contribution in [3.05, 3.63) is 94.1 Å². The van der Waals surface area contributed by atoms with Crippen LogP contribution in [0.4, 0.5) is 5.69 Å². The van der Waals surface area contributed by atoms with Crippen LogP contribution in [0.2, 0.25) is 0 Å². The Morgan fingerprint density at radius 2 is 1.66 bits per heavy atom. The first-order valence-corrected chi connectivity index (χ1v) is 12.7. The molecule has 166 valence electrons. The van der Waals surface area contributed by atoms with Gasteiger partial charge in [0, 0.05) is 25.8 Å². The summed E-state index contributed by atoms with van der Waals surface area (Å²) in [4.78, 5) is 14.7. The summed E-state index contributed by atoms with van der Waals surface area (Å²) >= 11 is 1.07. The van der Waals surface area contributed by atoms with E-state index in [0.717, 1.165) is 34.6 Å². The number of aromatic nitrogens is 1. The second kappa shape index (κ2) is 9.68. The van der Waals surface area contributed by atoms with E-state index in [1.54, 1.807) is 22.8 Å². The number of para-hydroxylation sites is 1. The monoisotopic (exact) mass is 467 g/mol. The Labute approximate surface area is 191 Å². The van der Waals surface area contributed by atoms with Crippen LogP contribution in [-0.2, 0) is 16.6 Å². The maximum atomic E-state index is 12.8. The van der Waals surface area contributed by atoms with Crippen molar-refractivity contribution in [2.75, 3.05) is 25.0 Å². The van der Waals surface area contributed by atoms with Crippen molar-refractivity contribution in [2.24, 2.45) is 0 Å². The van der Waals surface area contributed by atoms with Crippen LogP contribution < -0.4 is 14.5 Å². The summed E-state index contributed by atoms with van der Waals surface area (Å²) in [5, 5.41) is 0. The molecule has 1 aromatic heterocycles. The number of benzene rings is 3. The van der Waals surface area contributed by atoms with Gasteiger partial charge in [0.1, 0.15) is 0 Å². The lowest BCUT2D eigenvalue weighted by molar-refractivity contribution is 0.579. The van der Waals surface area contributed by atoms with Crippen LogP contribution in [0.1, 0.15) is 12.0 Å². The van der Waals surface area contributed by atoms with Crippen LogP contribution >= 0.6 is 11.3 Å². The zero-order valence-electron chi connectivity index (χ0n) is 17.8. The van der Waals surface area contributed by atoms with Crippen molar-refractivity contribution in [3.8, 4) is 0 Å². The lowest BCUT2D eigenvalue weighted by Gasteiger charge is -2.19. The van der Waals surface area contributed by atoms with Crippen molar-refractivity contribution in [1.82, 2.24) is 9.29 Å². The fourth-order valence-corrected chi connectivity index (χ4v) is 5.65. The third-order valence-electron chi connectivity index (χ3n) is 5.29. The number of fused-ring (bicyclic) bond motifs is 1. The van der Waals surface area contributed by atoms with Gasteiger partial charge in [-0.2, -0.15) is 0 Å². The van der Waals surface area contributed by atoms with Crippen molar-refractivity contribution < 1.29 is 8.42 Å². The van der Waals surface area contributed by atoms with E-state index in [-0.39, 0.29) is 9.77 Å². The number of anilines is 1. The summed E-state index contributed by atoms with van der Waals surface area (Å²) in [6, 6.07) is 24.6. The van der Waals surface area contributed by atoms with Gasteiger partial charge in [-0.1, -0.05) is 59.9 Å². The highest BCUT2D eigenvalue weighted by Crippen LogP contribution is 2.22. The largest absolute Gasteiger partial charge is 0.375 e. The molecule has 1 N–H and O–H groups in total. The topological polar surface area (TPSA) is 71.4 Å². The quantitative estimate of drug-likeness (QED) is 0.379. The van der Waals surface area contributed by atoms with E-state index in [9.17, 15) is 13.2 Å². The van der Waals surface area contributed by atoms with Gasteiger partial charge in [0.2, 0.25) is 10.0 Å². The molecule has 0 unspecified atom stereocenters. The maximum absolute atomic E-state index is 12.8. The van der Waals surface area contributed by atoms with Gasteiger partial charge in [0.25, 0.3) is 0 Å². The predicted octanol–water partition coefficient (Wildman–Crippen LogP) is 3.92. The number of rotatable bonds is 9. The van der Waals surface area contributed by atoms with Crippen LogP contribution in [0.15, 0.2) is 88.6 Å². The third kappa shape index (κ3) is 5.09. The summed E-state index contributed by atoms with van der Waals surface area (Å²) < 4.78 is 30.6. The SMILES string of the molecule is CN(CCCNS(=O)(=O)c1ccc2c(c1)sc(=O)n2Cc1ccccc1)c1ccccc1. The highest BCUT2D eigenvalue weighted by molar-refractivity contribution is 7.89. The Balaban J connectivity index is 1.42. The average Bonchev–Trinajstić information content (AvgIpc) is 3.12. The van der Waals surface area contributed by atoms with Gasteiger partial charge in [-0.25, -0.2) is 13.1 Å². The molecule has 0 saturated heterocycles. The Morgan fingerprint density at radius 1 is 0.969 bits per heavy atom. The van der Waals surface area contributed by atoms with E-state index in [1.807, 2.05) is 67.7 Å². The number of thiazole rings is 1. The maximum Gasteiger partial charge on any atom is 0.308 e. The van der Waals surface area contributed by atoms with Crippen LogP contribution in [0, 0.1) is 0 Å². The molecule has 0 bridgehead atoms. The lowest BCUT2D eigenvalue weighted by atomic mass is 10.2. The molecule has 0 radical (unpaired) electrons. The standard InChI is InChI=1S/C24H25N3O3S2/c1-26(20-11-6-3-7-12-20)16-8-15-25-32(29,30)21-13-14-22-23(17-21)31-24(28)27(22)18-19-9-4-2-5-10-19/h2-7,9-14,17,25H,8,15-16,18H2,1H3. The first kappa shape index (κ1) is 22.3. The normalized spacial score (nSPS) is 11.7. The Bertz CT molecular complexity index is 1350. The minimum absolute atomic E-state index is 0.102. The minimum atomic E-state index is -3.65. The number of hydrogen-bond donors (Lipinski definition) is 1. The first-order valence-electron chi connectivity index (χ1n) is 10.4. The van der Waals surface area contributed by atoms with Crippen molar-refractivity contribution in [1.29, 1.82) is 0 Å². The van der Waals surface area contributed by atoms with Gasteiger partial charge in [-0.15, -0.1) is 0 Å². The van der Waals surface area contributed by atoms with E-state index in [4.69, 9.17) is 0 Å². The van der Waals surface area contributed by atoms with E-state index in [2.05, 4.69) is 9.62 Å². The van der Waals surface area contributed by atoms with Crippen molar-refractivity contribution in [2.45, 2.75) is 17.9 Å². The van der Waals surface area contributed by atoms with E-state index < -0.39 is 10.0 Å². The van der Waals surface area contributed by atoms with Crippen molar-refractivity contribution in [3.63, 3.8) is 0 Å². The number of sulfonamides is 1. The summed E-state index contributed by atoms with van der Waals surface area (Å²) in [5.41, 5.74) is 2.86. The van der Waals surface area contributed by atoms with Crippen LogP contribution in [0.3, 0.4) is 0 Å². The molecular formula is C24H25N3O3S2. The number of nitrogens with zero attached hydrogens (tertiary/aromatic N) is 2. The van der Waals surface area contributed by atoms with E-state index >= 15 is 0 Å². The average molecular weight is 468 g/mol. The minimum Gasteiger partial charge on any atom is -0.375 e. The summed E-state index contributed by atoms with van der Waals surface area (Å²) in [6.45, 7) is 1.53. The van der Waals surface area contributed by atoms with Crippen LogP contribution in [0.5, 0.6) is 0 Å². The smallest absolute Gasteiger partial charge is 0.308 e. The molecule has 1 heterocycles. The fourth-order valence-electron chi connectivity index (χ4n) is 3.55. The molecule has 0 aliphatic carbocycles.